The van der Waals surface area contributed by atoms with E-state index in [-0.39, 0.29) is 27.5 Å². The van der Waals surface area contributed by atoms with Crippen molar-refractivity contribution >= 4 is 22.5 Å². The van der Waals surface area contributed by atoms with E-state index in [0.717, 1.165) is 30.5 Å². The molecule has 31 heavy (non-hydrogen) atoms. The molecule has 0 fully saturated rings. The highest BCUT2D eigenvalue weighted by molar-refractivity contribution is 6.33. The first-order valence-corrected chi connectivity index (χ1v) is 9.17. The number of nitriles is 1. The van der Waals surface area contributed by atoms with Crippen LogP contribution in [0.3, 0.4) is 0 Å². The third kappa shape index (κ3) is 3.64. The van der Waals surface area contributed by atoms with Gasteiger partial charge in [0.2, 0.25) is 0 Å². The van der Waals surface area contributed by atoms with Gasteiger partial charge in [0.05, 0.1) is 39.5 Å². The molecule has 0 atom stereocenters. The SMILES string of the molecule is N#Cc1ccc(Cl)c(-c2cc(=O)c3c(F)c(-c4ccc(C(F)F)cn4)c(F)cc3[nH]2)c1. The number of aromatic nitrogens is 2. The molecule has 2 heterocycles. The molecule has 154 valence electrons. The number of aromatic amines is 1. The van der Waals surface area contributed by atoms with Crippen LogP contribution in [0.15, 0.2) is 53.5 Å². The maximum Gasteiger partial charge on any atom is 0.265 e. The van der Waals surface area contributed by atoms with Gasteiger partial charge in [0.1, 0.15) is 11.6 Å². The number of alkyl halides is 2. The van der Waals surface area contributed by atoms with Crippen molar-refractivity contribution in [1.82, 2.24) is 9.97 Å². The molecule has 0 bridgehead atoms. The van der Waals surface area contributed by atoms with Crippen LogP contribution in [0.5, 0.6) is 0 Å². The lowest BCUT2D eigenvalue weighted by atomic mass is 10.0. The first kappa shape index (κ1) is 20.6. The predicted molar refractivity (Wildman–Crippen MR) is 108 cm³/mol. The van der Waals surface area contributed by atoms with Gasteiger partial charge in [-0.15, -0.1) is 0 Å². The summed E-state index contributed by atoms with van der Waals surface area (Å²) < 4.78 is 55.3. The smallest absolute Gasteiger partial charge is 0.265 e. The summed E-state index contributed by atoms with van der Waals surface area (Å²) in [7, 11) is 0. The summed E-state index contributed by atoms with van der Waals surface area (Å²) in [5.41, 5.74) is -1.35. The highest BCUT2D eigenvalue weighted by Gasteiger charge is 2.21. The molecule has 0 aliphatic rings. The molecule has 0 saturated heterocycles. The summed E-state index contributed by atoms with van der Waals surface area (Å²) in [5.74, 6) is -2.20. The molecule has 0 amide bonds. The molecular formula is C22H10ClF4N3O. The van der Waals surface area contributed by atoms with Crippen molar-refractivity contribution in [3.8, 4) is 28.6 Å². The van der Waals surface area contributed by atoms with Crippen LogP contribution in [0.25, 0.3) is 33.4 Å². The second-order valence-electron chi connectivity index (χ2n) is 6.60. The lowest BCUT2D eigenvalue weighted by Gasteiger charge is -2.11. The second-order valence-corrected chi connectivity index (χ2v) is 7.01. The number of halogens is 5. The predicted octanol–water partition coefficient (Wildman–Crippen LogP) is 6.00. The largest absolute Gasteiger partial charge is 0.354 e. The molecule has 4 rings (SSSR count). The molecule has 0 radical (unpaired) electrons. The van der Waals surface area contributed by atoms with E-state index in [1.165, 1.54) is 18.2 Å². The minimum Gasteiger partial charge on any atom is -0.354 e. The summed E-state index contributed by atoms with van der Waals surface area (Å²) >= 11 is 6.15. The zero-order chi connectivity index (χ0) is 22.3. The number of fused-ring (bicyclic) bond motifs is 1. The van der Waals surface area contributed by atoms with E-state index in [0.29, 0.717) is 5.56 Å². The Morgan fingerprint density at radius 1 is 1.10 bits per heavy atom. The fraction of sp³-hybridized carbons (Fsp3) is 0.0455. The van der Waals surface area contributed by atoms with Crippen LogP contribution < -0.4 is 5.43 Å². The molecule has 0 spiro atoms. The van der Waals surface area contributed by atoms with Gasteiger partial charge in [0.25, 0.3) is 6.43 Å². The number of hydrogen-bond acceptors (Lipinski definition) is 3. The average molecular weight is 444 g/mol. The maximum atomic E-state index is 15.2. The molecular weight excluding hydrogens is 434 g/mol. The molecule has 0 unspecified atom stereocenters. The van der Waals surface area contributed by atoms with Crippen molar-refractivity contribution in [3.05, 3.63) is 86.7 Å². The normalized spacial score (nSPS) is 11.1. The quantitative estimate of drug-likeness (QED) is 0.395. The van der Waals surface area contributed by atoms with Crippen LogP contribution in [-0.2, 0) is 0 Å². The van der Waals surface area contributed by atoms with E-state index in [9.17, 15) is 18.0 Å². The van der Waals surface area contributed by atoms with Crippen molar-refractivity contribution in [2.75, 3.05) is 0 Å². The van der Waals surface area contributed by atoms with Gasteiger partial charge in [-0.25, -0.2) is 17.6 Å². The van der Waals surface area contributed by atoms with Crippen LogP contribution in [0.4, 0.5) is 17.6 Å². The van der Waals surface area contributed by atoms with Gasteiger partial charge in [0, 0.05) is 28.4 Å². The van der Waals surface area contributed by atoms with Crippen LogP contribution in [0.2, 0.25) is 5.02 Å². The zero-order valence-electron chi connectivity index (χ0n) is 15.4. The van der Waals surface area contributed by atoms with Crippen molar-refractivity contribution in [1.29, 1.82) is 5.26 Å². The Kier molecular flexibility index (Phi) is 5.21. The Morgan fingerprint density at radius 2 is 1.87 bits per heavy atom. The van der Waals surface area contributed by atoms with Crippen molar-refractivity contribution in [3.63, 3.8) is 0 Å². The highest BCUT2D eigenvalue weighted by Crippen LogP contribution is 2.32. The first-order chi connectivity index (χ1) is 14.8. The summed E-state index contributed by atoms with van der Waals surface area (Å²) in [6.45, 7) is 0. The van der Waals surface area contributed by atoms with Crippen molar-refractivity contribution < 1.29 is 17.6 Å². The topological polar surface area (TPSA) is 69.5 Å². The number of benzene rings is 2. The standard InChI is InChI=1S/C22H10ClF4N3O/c23-13-3-1-10(8-28)5-12(13)16-7-18(31)20-17(30-16)6-14(24)19(21(20)25)15-4-2-11(9-29-15)22(26)27/h1-7,9,22H,(H,30,31). The van der Waals surface area contributed by atoms with E-state index >= 15 is 4.39 Å². The Balaban J connectivity index is 1.92. The lowest BCUT2D eigenvalue weighted by Crippen LogP contribution is -2.08. The van der Waals surface area contributed by atoms with E-state index < -0.39 is 40.0 Å². The molecule has 1 N–H and O–H groups in total. The molecule has 4 aromatic rings. The van der Waals surface area contributed by atoms with E-state index in [1.807, 2.05) is 6.07 Å². The Morgan fingerprint density at radius 3 is 2.52 bits per heavy atom. The number of H-pyrrole nitrogens is 1. The fourth-order valence-corrected chi connectivity index (χ4v) is 3.43. The molecule has 4 nitrogen and oxygen atoms in total. The van der Waals surface area contributed by atoms with E-state index in [2.05, 4.69) is 9.97 Å². The zero-order valence-corrected chi connectivity index (χ0v) is 16.1. The highest BCUT2D eigenvalue weighted by atomic mass is 35.5. The number of pyridine rings is 2. The molecule has 0 aliphatic carbocycles. The van der Waals surface area contributed by atoms with Crippen LogP contribution in [0.1, 0.15) is 17.6 Å². The maximum absolute atomic E-state index is 15.2. The third-order valence-electron chi connectivity index (χ3n) is 4.69. The molecule has 0 aliphatic heterocycles. The van der Waals surface area contributed by atoms with Gasteiger partial charge in [-0.3, -0.25) is 9.78 Å². The monoisotopic (exact) mass is 443 g/mol. The summed E-state index contributed by atoms with van der Waals surface area (Å²) in [6, 6.07) is 10.4. The minimum atomic E-state index is -2.78. The number of rotatable bonds is 3. The lowest BCUT2D eigenvalue weighted by molar-refractivity contribution is 0.151. The summed E-state index contributed by atoms with van der Waals surface area (Å²) in [6.07, 6.45) is -1.96. The van der Waals surface area contributed by atoms with Crippen LogP contribution in [-0.4, -0.2) is 9.97 Å². The minimum absolute atomic E-state index is 0.135. The van der Waals surface area contributed by atoms with Gasteiger partial charge < -0.3 is 4.98 Å². The number of nitrogens with one attached hydrogen (secondary N) is 1. The van der Waals surface area contributed by atoms with Crippen LogP contribution >= 0.6 is 11.6 Å². The van der Waals surface area contributed by atoms with E-state index in [4.69, 9.17) is 16.9 Å². The molecule has 2 aromatic heterocycles. The van der Waals surface area contributed by atoms with Gasteiger partial charge in [-0.1, -0.05) is 11.6 Å². The molecule has 2 aromatic carbocycles. The van der Waals surface area contributed by atoms with Crippen molar-refractivity contribution in [2.24, 2.45) is 0 Å². The Hall–Kier alpha value is -3.70. The summed E-state index contributed by atoms with van der Waals surface area (Å²) in [5, 5.41) is 8.88. The Labute approximate surface area is 177 Å². The number of nitrogens with zero attached hydrogens (tertiary/aromatic N) is 2. The number of hydrogen-bond donors (Lipinski definition) is 1. The van der Waals surface area contributed by atoms with Crippen molar-refractivity contribution in [2.45, 2.75) is 6.43 Å². The van der Waals surface area contributed by atoms with Gasteiger partial charge in [-0.05, 0) is 36.4 Å². The van der Waals surface area contributed by atoms with Gasteiger partial charge in [0.15, 0.2) is 5.43 Å². The third-order valence-corrected chi connectivity index (χ3v) is 5.02. The molecule has 9 heteroatoms. The summed E-state index contributed by atoms with van der Waals surface area (Å²) in [4.78, 5) is 19.2. The average Bonchev–Trinajstić information content (AvgIpc) is 2.73. The second kappa shape index (κ2) is 7.85. The van der Waals surface area contributed by atoms with E-state index in [1.54, 1.807) is 0 Å². The van der Waals surface area contributed by atoms with Crippen LogP contribution in [0, 0.1) is 23.0 Å². The molecule has 0 saturated carbocycles. The van der Waals surface area contributed by atoms with Gasteiger partial charge in [-0.2, -0.15) is 5.26 Å². The first-order valence-electron chi connectivity index (χ1n) is 8.79. The van der Waals surface area contributed by atoms with Gasteiger partial charge >= 0.3 is 0 Å². The fourth-order valence-electron chi connectivity index (χ4n) is 3.21. The Bertz CT molecular complexity index is 1430.